The first kappa shape index (κ1) is 19.8. The minimum Gasteiger partial charge on any atom is -0.324 e. The number of urea groups is 1. The molecule has 2 aromatic carbocycles. The molecule has 0 radical (unpaired) electrons. The fraction of sp³-hybridized carbons (Fsp3) is 0.250. The lowest BCUT2D eigenvalue weighted by atomic mass is 9.87. The highest BCUT2D eigenvalue weighted by Crippen LogP contribution is 2.32. The molecule has 1 saturated heterocycles. The number of nitrogens with zero attached hydrogens (tertiary/aromatic N) is 1. The summed E-state index contributed by atoms with van der Waals surface area (Å²) in [7, 11) is 0. The van der Waals surface area contributed by atoms with Gasteiger partial charge in [0, 0.05) is 10.7 Å². The Morgan fingerprint density at radius 3 is 2.50 bits per heavy atom. The normalized spacial score (nSPS) is 18.9. The topological polar surface area (TPSA) is 78.5 Å². The maximum atomic E-state index is 13.2. The van der Waals surface area contributed by atoms with Gasteiger partial charge in [0.1, 0.15) is 17.9 Å². The van der Waals surface area contributed by atoms with Gasteiger partial charge >= 0.3 is 6.03 Å². The predicted octanol–water partition coefficient (Wildman–Crippen LogP) is 3.58. The minimum absolute atomic E-state index is 0.259. The van der Waals surface area contributed by atoms with Crippen molar-refractivity contribution in [2.45, 2.75) is 25.8 Å². The van der Waals surface area contributed by atoms with Crippen LogP contribution in [0.25, 0.3) is 0 Å². The summed E-state index contributed by atoms with van der Waals surface area (Å²) in [6.45, 7) is 3.12. The first-order valence-electron chi connectivity index (χ1n) is 8.73. The molecular weight excluding hydrogens is 385 g/mol. The van der Waals surface area contributed by atoms with Crippen molar-refractivity contribution in [2.75, 3.05) is 11.9 Å². The summed E-state index contributed by atoms with van der Waals surface area (Å²) in [6.07, 6.45) is 0.259. The molecule has 1 atom stereocenters. The van der Waals surface area contributed by atoms with Crippen LogP contribution in [0.1, 0.15) is 24.5 Å². The summed E-state index contributed by atoms with van der Waals surface area (Å²) in [5.41, 5.74) is 0.467. The standard InChI is InChI=1S/C20H19ClFN3O3/c1-3-20(13-5-7-14(22)8-6-13)18(27)25(19(28)24-20)11-17(26)23-15-9-4-12(2)16(21)10-15/h4-10H,3,11H2,1-2H3,(H,23,26)(H,24,28)/t20-/m1/s1. The van der Waals surface area contributed by atoms with Gasteiger partial charge in [0.05, 0.1) is 0 Å². The Bertz CT molecular complexity index is 948. The van der Waals surface area contributed by atoms with E-state index in [0.29, 0.717) is 16.3 Å². The number of hydrogen-bond donors (Lipinski definition) is 2. The molecule has 0 aliphatic carbocycles. The third-order valence-electron chi connectivity index (χ3n) is 4.80. The lowest BCUT2D eigenvalue weighted by molar-refractivity contribution is -0.134. The van der Waals surface area contributed by atoms with Crippen LogP contribution >= 0.6 is 11.6 Å². The molecule has 2 N–H and O–H groups in total. The third-order valence-corrected chi connectivity index (χ3v) is 5.21. The number of hydrogen-bond acceptors (Lipinski definition) is 3. The van der Waals surface area contributed by atoms with Crippen molar-refractivity contribution in [3.8, 4) is 0 Å². The van der Waals surface area contributed by atoms with Crippen molar-refractivity contribution >= 4 is 35.1 Å². The predicted molar refractivity (Wildman–Crippen MR) is 103 cm³/mol. The number of imide groups is 1. The number of rotatable bonds is 5. The van der Waals surface area contributed by atoms with Gasteiger partial charge in [-0.25, -0.2) is 9.18 Å². The molecule has 2 aromatic rings. The maximum Gasteiger partial charge on any atom is 0.325 e. The van der Waals surface area contributed by atoms with Gasteiger partial charge in [0.25, 0.3) is 5.91 Å². The fourth-order valence-electron chi connectivity index (χ4n) is 3.16. The second kappa shape index (κ2) is 7.59. The van der Waals surface area contributed by atoms with E-state index in [9.17, 15) is 18.8 Å². The van der Waals surface area contributed by atoms with Gasteiger partial charge < -0.3 is 10.6 Å². The highest BCUT2D eigenvalue weighted by Gasteiger charge is 2.51. The molecule has 8 heteroatoms. The lowest BCUT2D eigenvalue weighted by Gasteiger charge is -2.25. The van der Waals surface area contributed by atoms with E-state index in [1.807, 2.05) is 6.92 Å². The number of anilines is 1. The zero-order valence-electron chi connectivity index (χ0n) is 15.4. The molecule has 1 heterocycles. The van der Waals surface area contributed by atoms with E-state index in [1.165, 1.54) is 24.3 Å². The largest absolute Gasteiger partial charge is 0.325 e. The van der Waals surface area contributed by atoms with E-state index in [1.54, 1.807) is 25.1 Å². The quantitative estimate of drug-likeness (QED) is 0.749. The molecule has 1 aliphatic heterocycles. The molecule has 0 saturated carbocycles. The highest BCUT2D eigenvalue weighted by molar-refractivity contribution is 6.31. The highest BCUT2D eigenvalue weighted by atomic mass is 35.5. The van der Waals surface area contributed by atoms with Crippen molar-refractivity contribution in [1.29, 1.82) is 0 Å². The number of benzene rings is 2. The maximum absolute atomic E-state index is 13.2. The number of nitrogens with one attached hydrogen (secondary N) is 2. The molecule has 28 heavy (non-hydrogen) atoms. The molecule has 4 amide bonds. The first-order valence-corrected chi connectivity index (χ1v) is 9.11. The van der Waals surface area contributed by atoms with E-state index < -0.39 is 35.7 Å². The summed E-state index contributed by atoms with van der Waals surface area (Å²) < 4.78 is 13.2. The number of amides is 4. The molecule has 1 aliphatic rings. The van der Waals surface area contributed by atoms with Crippen LogP contribution in [-0.4, -0.2) is 29.3 Å². The number of carbonyl (C=O) groups is 3. The Balaban J connectivity index is 1.78. The summed E-state index contributed by atoms with van der Waals surface area (Å²) in [4.78, 5) is 38.6. The average molecular weight is 404 g/mol. The number of halogens is 2. The van der Waals surface area contributed by atoms with Crippen LogP contribution in [0.15, 0.2) is 42.5 Å². The number of aryl methyl sites for hydroxylation is 1. The van der Waals surface area contributed by atoms with Crippen LogP contribution in [0.4, 0.5) is 14.9 Å². The van der Waals surface area contributed by atoms with Gasteiger partial charge in [-0.05, 0) is 48.7 Å². The van der Waals surface area contributed by atoms with Crippen LogP contribution < -0.4 is 10.6 Å². The molecule has 6 nitrogen and oxygen atoms in total. The van der Waals surface area contributed by atoms with Crippen LogP contribution in [0.2, 0.25) is 5.02 Å². The van der Waals surface area contributed by atoms with Gasteiger partial charge in [0.2, 0.25) is 5.91 Å². The lowest BCUT2D eigenvalue weighted by Crippen LogP contribution is -2.44. The van der Waals surface area contributed by atoms with Crippen LogP contribution in [0.5, 0.6) is 0 Å². The second-order valence-electron chi connectivity index (χ2n) is 6.60. The van der Waals surface area contributed by atoms with E-state index in [4.69, 9.17) is 11.6 Å². The van der Waals surface area contributed by atoms with E-state index in [0.717, 1.165) is 10.5 Å². The summed E-state index contributed by atoms with van der Waals surface area (Å²) >= 11 is 6.04. The molecular formula is C20H19ClFN3O3. The van der Waals surface area contributed by atoms with Gasteiger partial charge in [-0.15, -0.1) is 0 Å². The van der Waals surface area contributed by atoms with E-state index in [-0.39, 0.29) is 6.42 Å². The summed E-state index contributed by atoms with van der Waals surface area (Å²) in [5, 5.41) is 5.77. The Hall–Kier alpha value is -2.93. The van der Waals surface area contributed by atoms with Crippen molar-refractivity contribution in [3.05, 3.63) is 64.4 Å². The molecule has 0 bridgehead atoms. The first-order chi connectivity index (χ1) is 13.3. The average Bonchev–Trinajstić information content (AvgIpc) is 2.90. The molecule has 0 spiro atoms. The van der Waals surface area contributed by atoms with Crippen molar-refractivity contribution in [3.63, 3.8) is 0 Å². The molecule has 0 aromatic heterocycles. The summed E-state index contributed by atoms with van der Waals surface area (Å²) in [5.74, 6) is -1.53. The smallest absolute Gasteiger partial charge is 0.324 e. The van der Waals surface area contributed by atoms with Crippen molar-refractivity contribution < 1.29 is 18.8 Å². The van der Waals surface area contributed by atoms with E-state index in [2.05, 4.69) is 10.6 Å². The number of carbonyl (C=O) groups excluding carboxylic acids is 3. The van der Waals surface area contributed by atoms with Crippen LogP contribution in [0.3, 0.4) is 0 Å². The molecule has 1 fully saturated rings. The van der Waals surface area contributed by atoms with Gasteiger partial charge in [0.15, 0.2) is 0 Å². The van der Waals surface area contributed by atoms with Gasteiger partial charge in [-0.3, -0.25) is 14.5 Å². The van der Waals surface area contributed by atoms with Gasteiger partial charge in [-0.2, -0.15) is 0 Å². The zero-order valence-corrected chi connectivity index (χ0v) is 16.1. The van der Waals surface area contributed by atoms with Crippen molar-refractivity contribution in [1.82, 2.24) is 10.2 Å². The zero-order chi connectivity index (χ0) is 20.5. The van der Waals surface area contributed by atoms with Crippen molar-refractivity contribution in [2.24, 2.45) is 0 Å². The molecule has 3 rings (SSSR count). The summed E-state index contributed by atoms with van der Waals surface area (Å²) in [6, 6.07) is 9.71. The van der Waals surface area contributed by atoms with Crippen LogP contribution in [0, 0.1) is 12.7 Å². The molecule has 0 unspecified atom stereocenters. The Morgan fingerprint density at radius 1 is 1.21 bits per heavy atom. The Kier molecular flexibility index (Phi) is 5.38. The third kappa shape index (κ3) is 3.57. The monoisotopic (exact) mass is 403 g/mol. The van der Waals surface area contributed by atoms with Gasteiger partial charge in [-0.1, -0.05) is 36.7 Å². The molecule has 146 valence electrons. The minimum atomic E-state index is -1.32. The SMILES string of the molecule is CC[C@]1(c2ccc(F)cc2)NC(=O)N(CC(=O)Nc2ccc(C)c(Cl)c2)C1=O. The fourth-order valence-corrected chi connectivity index (χ4v) is 3.34. The van der Waals surface area contributed by atoms with Crippen LogP contribution in [-0.2, 0) is 15.1 Å². The van der Waals surface area contributed by atoms with E-state index >= 15 is 0 Å². The Morgan fingerprint density at radius 2 is 1.89 bits per heavy atom. The second-order valence-corrected chi connectivity index (χ2v) is 7.01. The Labute approximate surface area is 166 Å².